The summed E-state index contributed by atoms with van der Waals surface area (Å²) in [4.78, 5) is 15.2. The van der Waals surface area contributed by atoms with Crippen molar-refractivity contribution in [2.75, 3.05) is 0 Å². The van der Waals surface area contributed by atoms with Crippen molar-refractivity contribution in [3.8, 4) is 11.5 Å². The number of aryl methyl sites for hydroxylation is 3. The molecule has 1 saturated carbocycles. The van der Waals surface area contributed by atoms with Gasteiger partial charge in [0.25, 0.3) is 0 Å². The first kappa shape index (κ1) is 31.0. The number of nitrogens with zero attached hydrogens (tertiary/aromatic N) is 5. The molecule has 1 fully saturated rings. The zero-order valence-corrected chi connectivity index (χ0v) is 30.2. The summed E-state index contributed by atoms with van der Waals surface area (Å²) < 4.78 is 11.2. The van der Waals surface area contributed by atoms with E-state index in [0.717, 1.165) is 68.1 Å². The van der Waals surface area contributed by atoms with E-state index in [1.165, 1.54) is 35.8 Å². The summed E-state index contributed by atoms with van der Waals surface area (Å²) in [6.07, 6.45) is 7.48. The predicted octanol–water partition coefficient (Wildman–Crippen LogP) is 9.45. The van der Waals surface area contributed by atoms with Crippen molar-refractivity contribution < 1.29 is 25.8 Å². The minimum absolute atomic E-state index is 0. The Hall–Kier alpha value is -4.28. The predicted molar refractivity (Wildman–Crippen MR) is 190 cm³/mol. The molecule has 3 aromatic carbocycles. The maximum Gasteiger partial charge on any atom is 2.00 e. The van der Waals surface area contributed by atoms with Crippen LogP contribution in [0.2, 0.25) is 0 Å². The van der Waals surface area contributed by atoms with Crippen LogP contribution in [-0.4, -0.2) is 36.1 Å². The Morgan fingerprint density at radius 1 is 0.750 bits per heavy atom. The molecule has 1 aliphatic heterocycles. The van der Waals surface area contributed by atoms with Crippen LogP contribution in [0.5, 0.6) is 0 Å². The van der Waals surface area contributed by atoms with E-state index in [2.05, 4.69) is 110 Å². The monoisotopic (exact) mass is 810 g/mol. The van der Waals surface area contributed by atoms with Gasteiger partial charge in [0.15, 0.2) is 0 Å². The summed E-state index contributed by atoms with van der Waals surface area (Å²) in [6.45, 7) is 10.8. The third-order valence-corrected chi connectivity index (χ3v) is 10.7. The van der Waals surface area contributed by atoms with Crippen LogP contribution < -0.4 is 0 Å². The Balaban J connectivity index is 0.00000336. The van der Waals surface area contributed by atoms with Crippen molar-refractivity contribution in [3.05, 3.63) is 107 Å². The number of hydrogen-bond acceptors (Lipinski definition) is 4. The van der Waals surface area contributed by atoms with Crippen molar-refractivity contribution in [3.63, 3.8) is 0 Å². The molecular formula is C41H37N5OPt. The molecule has 1 aliphatic carbocycles. The van der Waals surface area contributed by atoms with Crippen LogP contribution in [0.25, 0.3) is 55.2 Å². The second-order valence-electron chi connectivity index (χ2n) is 14.0. The summed E-state index contributed by atoms with van der Waals surface area (Å²) >= 11 is 0. The Morgan fingerprint density at radius 3 is 2.27 bits per heavy atom. The number of ether oxygens (including phenoxy) is 1. The number of pyridine rings is 2. The quantitative estimate of drug-likeness (QED) is 0.167. The molecule has 7 aromatic rings. The number of aliphatic imine (C=N–C) groups is 1. The Kier molecular flexibility index (Phi) is 7.19. The molecule has 6 nitrogen and oxygen atoms in total. The van der Waals surface area contributed by atoms with Gasteiger partial charge in [0.05, 0.1) is 16.9 Å². The van der Waals surface area contributed by atoms with Gasteiger partial charge in [-0.05, 0) is 95.3 Å². The molecule has 0 spiro atoms. The van der Waals surface area contributed by atoms with E-state index in [9.17, 15) is 0 Å². The van der Waals surface area contributed by atoms with Crippen molar-refractivity contribution in [1.29, 1.82) is 0 Å². The molecule has 5 heterocycles. The van der Waals surface area contributed by atoms with E-state index >= 15 is 0 Å². The average Bonchev–Trinajstić information content (AvgIpc) is 3.61. The van der Waals surface area contributed by atoms with Gasteiger partial charge in [-0.1, -0.05) is 53.4 Å². The minimum atomic E-state index is -0.314. The summed E-state index contributed by atoms with van der Waals surface area (Å²) in [6, 6.07) is 31.3. The van der Waals surface area contributed by atoms with E-state index < -0.39 is 0 Å². The fourth-order valence-corrected chi connectivity index (χ4v) is 7.97. The second-order valence-corrected chi connectivity index (χ2v) is 14.0. The van der Waals surface area contributed by atoms with Crippen molar-refractivity contribution >= 4 is 49.6 Å². The standard InChI is InChI=1S/C41H37N5O.Pt/c1-25-12-16-35-32(20-25)30-14-13-29(45-34-15-11-26(2)21-33(34)31-10-9-19-42-38(31)45)24-36(30)46(35)37-23-28(22-27(3)43-37)39-44-40(4)17-7-6-8-18-41(40,5)47-39;/h9-16,19-22H,6-8,17-18H2,1-5H3;/q-2;+2/t40-,41+;/m1./s1. The average molecular weight is 811 g/mol. The molecular weight excluding hydrogens is 774 g/mol. The van der Waals surface area contributed by atoms with E-state index in [4.69, 9.17) is 19.7 Å². The molecule has 0 N–H and O–H groups in total. The first-order valence-electron chi connectivity index (χ1n) is 16.8. The first-order valence-corrected chi connectivity index (χ1v) is 16.8. The van der Waals surface area contributed by atoms with Gasteiger partial charge in [0, 0.05) is 22.5 Å². The van der Waals surface area contributed by atoms with Gasteiger partial charge in [0.1, 0.15) is 17.1 Å². The zero-order chi connectivity index (χ0) is 32.1. The van der Waals surface area contributed by atoms with E-state index in [1.54, 1.807) is 0 Å². The van der Waals surface area contributed by atoms with Gasteiger partial charge in [-0.25, -0.2) is 4.98 Å². The fourth-order valence-electron chi connectivity index (χ4n) is 7.97. The number of benzene rings is 3. The Labute approximate surface area is 295 Å². The molecule has 0 unspecified atom stereocenters. The molecule has 0 saturated heterocycles. The molecule has 48 heavy (non-hydrogen) atoms. The van der Waals surface area contributed by atoms with Crippen LogP contribution in [0.15, 0.2) is 77.9 Å². The van der Waals surface area contributed by atoms with Crippen molar-refractivity contribution in [2.45, 2.75) is 77.9 Å². The van der Waals surface area contributed by atoms with Crippen molar-refractivity contribution in [2.24, 2.45) is 4.99 Å². The van der Waals surface area contributed by atoms with Gasteiger partial charge in [-0.15, -0.1) is 35.2 Å². The Morgan fingerprint density at radius 2 is 1.48 bits per heavy atom. The maximum atomic E-state index is 6.76. The summed E-state index contributed by atoms with van der Waals surface area (Å²) in [5.74, 6) is 1.39. The molecule has 2 atom stereocenters. The molecule has 0 radical (unpaired) electrons. The maximum absolute atomic E-state index is 6.76. The zero-order valence-electron chi connectivity index (χ0n) is 27.9. The third-order valence-electron chi connectivity index (χ3n) is 10.7. The fraction of sp³-hybridized carbons (Fsp3) is 0.293. The molecule has 0 bridgehead atoms. The molecule has 4 aromatic heterocycles. The largest absolute Gasteiger partial charge is 2.00 e. The second kappa shape index (κ2) is 11.1. The summed E-state index contributed by atoms with van der Waals surface area (Å²) in [5.41, 5.74) is 8.58. The van der Waals surface area contributed by atoms with Crippen LogP contribution in [0.1, 0.15) is 68.3 Å². The van der Waals surface area contributed by atoms with Gasteiger partial charge in [0.2, 0.25) is 0 Å². The van der Waals surface area contributed by atoms with Gasteiger partial charge >= 0.3 is 21.1 Å². The first-order chi connectivity index (χ1) is 22.7. The van der Waals surface area contributed by atoms with Crippen LogP contribution >= 0.6 is 0 Å². The summed E-state index contributed by atoms with van der Waals surface area (Å²) in [7, 11) is 0. The van der Waals surface area contributed by atoms with Crippen LogP contribution in [0, 0.1) is 32.9 Å². The van der Waals surface area contributed by atoms with Gasteiger partial charge in [-0.3, -0.25) is 4.98 Å². The van der Waals surface area contributed by atoms with E-state index in [0.29, 0.717) is 11.7 Å². The van der Waals surface area contributed by atoms with Crippen LogP contribution in [0.4, 0.5) is 0 Å². The topological polar surface area (TPSA) is 57.2 Å². The third kappa shape index (κ3) is 4.59. The minimum Gasteiger partial charge on any atom is -0.527 e. The van der Waals surface area contributed by atoms with Gasteiger partial charge < -0.3 is 18.9 Å². The van der Waals surface area contributed by atoms with E-state index in [-0.39, 0.29) is 32.2 Å². The SMILES string of the molecule is Cc1ccc2c(c1)c1ccc(-n3c4ccc(C)cc4c4cccnc43)[c-]c1n2-c1[c-]c(C2=N[C@]3(C)CCCCC[C@]3(C)O2)cc(C)n1.[Pt+2]. The number of aromatic nitrogens is 4. The number of rotatable bonds is 3. The van der Waals surface area contributed by atoms with Crippen LogP contribution in [-0.2, 0) is 25.8 Å². The Bertz CT molecular complexity index is 2460. The summed E-state index contributed by atoms with van der Waals surface area (Å²) in [5, 5.41) is 4.60. The molecule has 242 valence electrons. The number of fused-ring (bicyclic) bond motifs is 7. The normalized spacial score (nSPS) is 20.9. The van der Waals surface area contributed by atoms with Crippen LogP contribution in [0.3, 0.4) is 0 Å². The molecule has 9 rings (SSSR count). The van der Waals surface area contributed by atoms with E-state index in [1.807, 2.05) is 19.2 Å². The number of hydrogen-bond donors (Lipinski definition) is 0. The molecule has 2 aliphatic rings. The molecule has 7 heteroatoms. The van der Waals surface area contributed by atoms with Gasteiger partial charge in [-0.2, -0.15) is 6.07 Å². The van der Waals surface area contributed by atoms with Crippen molar-refractivity contribution in [1.82, 2.24) is 19.1 Å². The smallest absolute Gasteiger partial charge is 0.527 e. The molecule has 0 amide bonds.